The third kappa shape index (κ3) is 1.58. The molecule has 2 nitrogen and oxygen atoms in total. The summed E-state index contributed by atoms with van der Waals surface area (Å²) in [7, 11) is 0. The van der Waals surface area contributed by atoms with Gasteiger partial charge < -0.3 is 0 Å². The van der Waals surface area contributed by atoms with E-state index in [1.807, 2.05) is 13.8 Å². The van der Waals surface area contributed by atoms with E-state index in [-0.39, 0.29) is 0 Å². The molecule has 0 spiro atoms. The Kier molecular flexibility index (Phi) is 3.09. The highest BCUT2D eigenvalue weighted by atomic mass is 15.1. The first-order valence-electron chi connectivity index (χ1n) is 4.58. The molecule has 0 unspecified atom stereocenters. The first-order chi connectivity index (χ1) is 5.88. The van der Waals surface area contributed by atoms with Gasteiger partial charge in [-0.25, -0.2) is 0 Å². The molecule has 2 rings (SSSR count). The molecule has 1 aliphatic rings. The van der Waals surface area contributed by atoms with Crippen LogP contribution in [0.25, 0.3) is 6.08 Å². The molecular formula is C10H16N2. The van der Waals surface area contributed by atoms with E-state index in [1.54, 1.807) is 0 Å². The lowest BCUT2D eigenvalue weighted by molar-refractivity contribution is 0.904. The summed E-state index contributed by atoms with van der Waals surface area (Å²) in [6.07, 6.45) is 6.58. The van der Waals surface area contributed by atoms with Gasteiger partial charge in [-0.15, -0.1) is 0 Å². The molecule has 0 radical (unpaired) electrons. The predicted molar refractivity (Wildman–Crippen MR) is 52.0 cm³/mol. The summed E-state index contributed by atoms with van der Waals surface area (Å²) in [4.78, 5) is 0. The average Bonchev–Trinajstić information content (AvgIpc) is 2.53. The first kappa shape index (κ1) is 9.04. The minimum atomic E-state index is 1.09. The van der Waals surface area contributed by atoms with Gasteiger partial charge in [-0.05, 0) is 19.8 Å². The largest absolute Gasteiger partial charge is 0.282 e. The van der Waals surface area contributed by atoms with E-state index in [2.05, 4.69) is 29.3 Å². The summed E-state index contributed by atoms with van der Waals surface area (Å²) >= 11 is 0. The molecule has 0 saturated carbocycles. The average molecular weight is 164 g/mol. The zero-order valence-electron chi connectivity index (χ0n) is 8.02. The monoisotopic (exact) mass is 164 g/mol. The maximum atomic E-state index is 4.18. The topological polar surface area (TPSA) is 28.7 Å². The molecule has 66 valence electrons. The maximum Gasteiger partial charge on any atom is 0.0700 e. The molecule has 1 heterocycles. The van der Waals surface area contributed by atoms with Crippen LogP contribution in [0.1, 0.15) is 37.2 Å². The number of fused-ring (bicyclic) bond motifs is 1. The Balaban J connectivity index is 0.000000336. The number of aryl methyl sites for hydroxylation is 2. The predicted octanol–water partition coefficient (Wildman–Crippen LogP) is 2.70. The molecule has 0 fully saturated rings. The van der Waals surface area contributed by atoms with Gasteiger partial charge in [0.2, 0.25) is 0 Å². The lowest BCUT2D eigenvalue weighted by atomic mass is 10.0. The fourth-order valence-corrected chi connectivity index (χ4v) is 1.32. The zero-order chi connectivity index (χ0) is 8.97. The number of allylic oxidation sites excluding steroid dienone is 1. The van der Waals surface area contributed by atoms with Crippen molar-refractivity contribution in [1.82, 2.24) is 10.2 Å². The van der Waals surface area contributed by atoms with Gasteiger partial charge in [-0.2, -0.15) is 5.10 Å². The molecule has 0 saturated heterocycles. The van der Waals surface area contributed by atoms with Crippen LogP contribution in [-0.4, -0.2) is 10.2 Å². The van der Waals surface area contributed by atoms with E-state index in [9.17, 15) is 0 Å². The van der Waals surface area contributed by atoms with Crippen LogP contribution < -0.4 is 0 Å². The molecule has 0 amide bonds. The van der Waals surface area contributed by atoms with Crippen molar-refractivity contribution in [1.29, 1.82) is 0 Å². The fraction of sp³-hybridized carbons (Fsp3) is 0.500. The van der Waals surface area contributed by atoms with Crippen molar-refractivity contribution in [3.63, 3.8) is 0 Å². The standard InChI is InChI=1S/C8H10N2.C2H6/c1-6-7-4-2-3-5-8(7)10-9-6;1-2/h2,4H,3,5H2,1H3,(H,9,10);1-2H3. The number of nitrogens with zero attached hydrogens (tertiary/aromatic N) is 1. The van der Waals surface area contributed by atoms with Crippen LogP contribution in [0.5, 0.6) is 0 Å². The number of rotatable bonds is 0. The Morgan fingerprint density at radius 3 is 2.83 bits per heavy atom. The summed E-state index contributed by atoms with van der Waals surface area (Å²) in [6.45, 7) is 6.06. The molecule has 1 aromatic rings. The van der Waals surface area contributed by atoms with E-state index < -0.39 is 0 Å². The van der Waals surface area contributed by atoms with Crippen LogP contribution in [0, 0.1) is 6.92 Å². The van der Waals surface area contributed by atoms with Crippen molar-refractivity contribution in [2.75, 3.05) is 0 Å². The quantitative estimate of drug-likeness (QED) is 0.627. The van der Waals surface area contributed by atoms with Crippen molar-refractivity contribution < 1.29 is 0 Å². The second kappa shape index (κ2) is 4.10. The number of aromatic amines is 1. The number of hydrogen-bond acceptors (Lipinski definition) is 1. The van der Waals surface area contributed by atoms with Gasteiger partial charge >= 0.3 is 0 Å². The van der Waals surface area contributed by atoms with Crippen LogP contribution in [-0.2, 0) is 6.42 Å². The van der Waals surface area contributed by atoms with Crippen molar-refractivity contribution in [2.45, 2.75) is 33.6 Å². The summed E-state index contributed by atoms with van der Waals surface area (Å²) in [6, 6.07) is 0. The molecule has 0 aliphatic heterocycles. The van der Waals surface area contributed by atoms with Crippen molar-refractivity contribution in [3.8, 4) is 0 Å². The van der Waals surface area contributed by atoms with Crippen LogP contribution in [0.2, 0.25) is 0 Å². The molecule has 0 bridgehead atoms. The van der Waals surface area contributed by atoms with Crippen LogP contribution in [0.3, 0.4) is 0 Å². The summed E-state index contributed by atoms with van der Waals surface area (Å²) in [5.41, 5.74) is 3.71. The van der Waals surface area contributed by atoms with Crippen molar-refractivity contribution in [3.05, 3.63) is 23.0 Å². The van der Waals surface area contributed by atoms with Crippen molar-refractivity contribution in [2.24, 2.45) is 0 Å². The van der Waals surface area contributed by atoms with Gasteiger partial charge in [0.1, 0.15) is 0 Å². The Bertz CT molecular complexity index is 271. The molecule has 1 aromatic heterocycles. The lowest BCUT2D eigenvalue weighted by Crippen LogP contribution is -1.91. The summed E-state index contributed by atoms with van der Waals surface area (Å²) in [5, 5.41) is 7.16. The van der Waals surface area contributed by atoms with Gasteiger partial charge in [0, 0.05) is 11.3 Å². The van der Waals surface area contributed by atoms with E-state index in [4.69, 9.17) is 0 Å². The van der Waals surface area contributed by atoms with E-state index in [1.165, 1.54) is 17.0 Å². The van der Waals surface area contributed by atoms with Crippen molar-refractivity contribution >= 4 is 6.08 Å². The second-order valence-corrected chi connectivity index (χ2v) is 2.65. The van der Waals surface area contributed by atoms with Gasteiger partial charge in [0.25, 0.3) is 0 Å². The molecular weight excluding hydrogens is 148 g/mol. The van der Waals surface area contributed by atoms with E-state index in [0.29, 0.717) is 0 Å². The van der Waals surface area contributed by atoms with Gasteiger partial charge in [0.05, 0.1) is 5.69 Å². The molecule has 0 atom stereocenters. The van der Waals surface area contributed by atoms with Gasteiger partial charge in [-0.3, -0.25) is 5.10 Å². The van der Waals surface area contributed by atoms with Gasteiger partial charge in [0.15, 0.2) is 0 Å². The Hall–Kier alpha value is -1.05. The lowest BCUT2D eigenvalue weighted by Gasteiger charge is -2.01. The summed E-state index contributed by atoms with van der Waals surface area (Å²) < 4.78 is 0. The smallest absolute Gasteiger partial charge is 0.0700 e. The highest BCUT2D eigenvalue weighted by Crippen LogP contribution is 2.18. The fourth-order valence-electron chi connectivity index (χ4n) is 1.32. The molecule has 2 heteroatoms. The Morgan fingerprint density at radius 2 is 2.17 bits per heavy atom. The molecule has 0 aromatic carbocycles. The first-order valence-corrected chi connectivity index (χ1v) is 4.58. The third-order valence-electron chi connectivity index (χ3n) is 1.91. The maximum absolute atomic E-state index is 4.18. The van der Waals surface area contributed by atoms with E-state index in [0.717, 1.165) is 12.8 Å². The SMILES string of the molecule is CC.Cc1[nH]nc2c1C=CCC2. The number of aromatic nitrogens is 2. The number of H-pyrrole nitrogens is 1. The molecule has 1 N–H and O–H groups in total. The third-order valence-corrected chi connectivity index (χ3v) is 1.91. The minimum Gasteiger partial charge on any atom is -0.282 e. The molecule has 12 heavy (non-hydrogen) atoms. The zero-order valence-corrected chi connectivity index (χ0v) is 8.02. The Morgan fingerprint density at radius 1 is 1.42 bits per heavy atom. The van der Waals surface area contributed by atoms with Gasteiger partial charge in [-0.1, -0.05) is 26.0 Å². The number of hydrogen-bond donors (Lipinski definition) is 1. The highest BCUT2D eigenvalue weighted by Gasteiger charge is 2.08. The molecule has 1 aliphatic carbocycles. The summed E-state index contributed by atoms with van der Waals surface area (Å²) in [5.74, 6) is 0. The minimum absolute atomic E-state index is 1.09. The second-order valence-electron chi connectivity index (χ2n) is 2.65. The Labute approximate surface area is 73.7 Å². The number of nitrogens with one attached hydrogen (secondary N) is 1. The van der Waals surface area contributed by atoms with Crippen LogP contribution in [0.4, 0.5) is 0 Å². The normalized spacial score (nSPS) is 13.2. The van der Waals surface area contributed by atoms with Crippen LogP contribution in [0.15, 0.2) is 6.08 Å². The van der Waals surface area contributed by atoms with E-state index >= 15 is 0 Å². The van der Waals surface area contributed by atoms with Crippen LogP contribution >= 0.6 is 0 Å². The highest BCUT2D eigenvalue weighted by molar-refractivity contribution is 5.56.